The molecule has 0 amide bonds. The first-order chi connectivity index (χ1) is 13.1. The van der Waals surface area contributed by atoms with Crippen molar-refractivity contribution in [3.05, 3.63) is 53.8 Å². The standard InChI is InChI=1S/C19H18F2N6/c1-3-27(17-15(20)8-12(22-2)9-16(17)21)13-5-7-26(10-13)19-14-4-6-23-18(14)24-11-25-19/h4,6,8-9,11,13H,3,5,7,10H2,1H3,(H,23,24,25)/t13-/m1/s1. The van der Waals surface area contributed by atoms with E-state index in [0.29, 0.717) is 13.1 Å². The number of halogens is 2. The Morgan fingerprint density at radius 3 is 2.81 bits per heavy atom. The molecule has 1 aromatic carbocycles. The monoisotopic (exact) mass is 368 g/mol. The van der Waals surface area contributed by atoms with Gasteiger partial charge in [0.25, 0.3) is 0 Å². The van der Waals surface area contributed by atoms with Gasteiger partial charge in [-0.15, -0.1) is 0 Å². The highest BCUT2D eigenvalue weighted by molar-refractivity contribution is 5.87. The molecule has 0 aliphatic carbocycles. The third-order valence-corrected chi connectivity index (χ3v) is 5.00. The predicted molar refractivity (Wildman–Crippen MR) is 100 cm³/mol. The second kappa shape index (κ2) is 6.83. The fourth-order valence-corrected chi connectivity index (χ4v) is 3.79. The molecule has 4 rings (SSSR count). The molecule has 8 heteroatoms. The van der Waals surface area contributed by atoms with Crippen LogP contribution in [0.3, 0.4) is 0 Å². The minimum absolute atomic E-state index is 0.0336. The zero-order valence-electron chi connectivity index (χ0n) is 14.8. The van der Waals surface area contributed by atoms with Crippen LogP contribution >= 0.6 is 0 Å². The van der Waals surface area contributed by atoms with Crippen molar-refractivity contribution in [2.24, 2.45) is 0 Å². The summed E-state index contributed by atoms with van der Waals surface area (Å²) in [7, 11) is 0. The number of hydrogen-bond acceptors (Lipinski definition) is 4. The summed E-state index contributed by atoms with van der Waals surface area (Å²) in [4.78, 5) is 18.7. The zero-order chi connectivity index (χ0) is 19.0. The number of hydrogen-bond donors (Lipinski definition) is 1. The molecule has 1 aliphatic rings. The van der Waals surface area contributed by atoms with E-state index >= 15 is 0 Å². The lowest BCUT2D eigenvalue weighted by atomic mass is 10.1. The molecular formula is C19H18F2N6. The van der Waals surface area contributed by atoms with Crippen molar-refractivity contribution in [1.29, 1.82) is 0 Å². The van der Waals surface area contributed by atoms with E-state index in [1.807, 2.05) is 19.2 Å². The van der Waals surface area contributed by atoms with Gasteiger partial charge < -0.3 is 14.8 Å². The Hall–Kier alpha value is -3.21. The van der Waals surface area contributed by atoms with Crippen LogP contribution < -0.4 is 9.80 Å². The molecule has 0 unspecified atom stereocenters. The van der Waals surface area contributed by atoms with Crippen molar-refractivity contribution in [3.8, 4) is 0 Å². The number of aromatic nitrogens is 3. The van der Waals surface area contributed by atoms with Crippen molar-refractivity contribution in [2.75, 3.05) is 29.4 Å². The summed E-state index contributed by atoms with van der Waals surface area (Å²) in [5.41, 5.74) is 0.669. The Bertz CT molecular complexity index is 1000. The molecule has 3 heterocycles. The molecule has 27 heavy (non-hydrogen) atoms. The average Bonchev–Trinajstić information content (AvgIpc) is 3.33. The van der Waals surface area contributed by atoms with Crippen LogP contribution in [0.15, 0.2) is 30.7 Å². The zero-order valence-corrected chi connectivity index (χ0v) is 14.8. The van der Waals surface area contributed by atoms with E-state index in [1.165, 1.54) is 6.33 Å². The number of anilines is 2. The van der Waals surface area contributed by atoms with E-state index in [9.17, 15) is 8.78 Å². The topological polar surface area (TPSA) is 52.4 Å². The van der Waals surface area contributed by atoms with E-state index in [2.05, 4.69) is 24.7 Å². The smallest absolute Gasteiger partial charge is 0.193 e. The second-order valence-electron chi connectivity index (χ2n) is 6.48. The van der Waals surface area contributed by atoms with Gasteiger partial charge in [0.05, 0.1) is 12.0 Å². The molecule has 3 aromatic rings. The summed E-state index contributed by atoms with van der Waals surface area (Å²) < 4.78 is 29.0. The van der Waals surface area contributed by atoms with Crippen molar-refractivity contribution >= 4 is 28.2 Å². The first kappa shape index (κ1) is 17.2. The summed E-state index contributed by atoms with van der Waals surface area (Å²) in [6.45, 7) is 10.6. The van der Waals surface area contributed by atoms with Gasteiger partial charge >= 0.3 is 0 Å². The Morgan fingerprint density at radius 1 is 1.33 bits per heavy atom. The number of benzene rings is 1. The van der Waals surface area contributed by atoms with E-state index in [-0.39, 0.29) is 17.4 Å². The highest BCUT2D eigenvalue weighted by Gasteiger charge is 2.31. The number of rotatable bonds is 4. The first-order valence-electron chi connectivity index (χ1n) is 8.78. The lowest BCUT2D eigenvalue weighted by Gasteiger charge is -2.31. The number of likely N-dealkylation sites (N-methyl/N-ethyl adjacent to an activating group) is 1. The molecule has 0 bridgehead atoms. The van der Waals surface area contributed by atoms with Gasteiger partial charge in [-0.25, -0.2) is 23.6 Å². The van der Waals surface area contributed by atoms with Crippen LogP contribution in [0.2, 0.25) is 0 Å². The second-order valence-corrected chi connectivity index (χ2v) is 6.48. The van der Waals surface area contributed by atoms with Gasteiger partial charge in [-0.3, -0.25) is 0 Å². The third kappa shape index (κ3) is 2.95. The number of nitrogens with zero attached hydrogens (tertiary/aromatic N) is 5. The molecule has 1 atom stereocenters. The highest BCUT2D eigenvalue weighted by Crippen LogP contribution is 2.33. The van der Waals surface area contributed by atoms with Gasteiger partial charge in [-0.2, -0.15) is 0 Å². The van der Waals surface area contributed by atoms with Crippen LogP contribution in [-0.4, -0.2) is 40.6 Å². The number of H-pyrrole nitrogens is 1. The fraction of sp³-hybridized carbons (Fsp3) is 0.316. The molecule has 6 nitrogen and oxygen atoms in total. The van der Waals surface area contributed by atoms with Gasteiger partial charge in [-0.1, -0.05) is 0 Å². The lowest BCUT2D eigenvalue weighted by Crippen LogP contribution is -2.38. The summed E-state index contributed by atoms with van der Waals surface area (Å²) in [5.74, 6) is -0.572. The van der Waals surface area contributed by atoms with E-state index in [4.69, 9.17) is 6.57 Å². The summed E-state index contributed by atoms with van der Waals surface area (Å²) >= 11 is 0. The maximum atomic E-state index is 14.5. The number of nitrogens with one attached hydrogen (secondary N) is 1. The normalized spacial score (nSPS) is 16.7. The van der Waals surface area contributed by atoms with Crippen LogP contribution in [-0.2, 0) is 0 Å². The Labute approximate surface area is 155 Å². The third-order valence-electron chi connectivity index (χ3n) is 5.00. The number of aromatic amines is 1. The Balaban J connectivity index is 1.63. The highest BCUT2D eigenvalue weighted by atomic mass is 19.1. The minimum Gasteiger partial charge on any atom is -0.362 e. The average molecular weight is 368 g/mol. The van der Waals surface area contributed by atoms with E-state index < -0.39 is 11.6 Å². The van der Waals surface area contributed by atoms with Gasteiger partial charge in [0.1, 0.15) is 35.1 Å². The Kier molecular flexibility index (Phi) is 4.36. The summed E-state index contributed by atoms with van der Waals surface area (Å²) in [5, 5.41) is 0.931. The van der Waals surface area contributed by atoms with Gasteiger partial charge in [-0.05, 0) is 31.5 Å². The van der Waals surface area contributed by atoms with Gasteiger partial charge in [0.15, 0.2) is 5.69 Å². The molecule has 1 fully saturated rings. The lowest BCUT2D eigenvalue weighted by molar-refractivity contribution is 0.551. The molecule has 0 saturated carbocycles. The van der Waals surface area contributed by atoms with Gasteiger partial charge in [0.2, 0.25) is 0 Å². The van der Waals surface area contributed by atoms with Crippen molar-refractivity contribution in [3.63, 3.8) is 0 Å². The SMILES string of the molecule is [C-]#[N+]c1cc(F)c(N(CC)[C@@H]2CCN(c3ncnc4[nH]ccc34)C2)c(F)c1. The quantitative estimate of drug-likeness (QED) is 0.710. The predicted octanol–water partition coefficient (Wildman–Crippen LogP) is 3.89. The van der Waals surface area contributed by atoms with Gasteiger partial charge in [0, 0.05) is 31.9 Å². The molecular weight excluding hydrogens is 350 g/mol. The van der Waals surface area contributed by atoms with Crippen LogP contribution in [0, 0.1) is 18.2 Å². The first-order valence-corrected chi connectivity index (χ1v) is 8.78. The fourth-order valence-electron chi connectivity index (χ4n) is 3.79. The van der Waals surface area contributed by atoms with Crippen LogP contribution in [0.1, 0.15) is 13.3 Å². The van der Waals surface area contributed by atoms with Crippen LogP contribution in [0.5, 0.6) is 0 Å². The minimum atomic E-state index is -0.698. The van der Waals surface area contributed by atoms with Crippen molar-refractivity contribution in [1.82, 2.24) is 15.0 Å². The van der Waals surface area contributed by atoms with Crippen LogP contribution in [0.4, 0.5) is 26.0 Å². The summed E-state index contributed by atoms with van der Waals surface area (Å²) in [6.07, 6.45) is 4.09. The van der Waals surface area contributed by atoms with Crippen LogP contribution in [0.25, 0.3) is 15.9 Å². The summed E-state index contributed by atoms with van der Waals surface area (Å²) in [6, 6.07) is 4.06. The molecule has 1 N–H and O–H groups in total. The largest absolute Gasteiger partial charge is 0.362 e. The van der Waals surface area contributed by atoms with Crippen molar-refractivity contribution in [2.45, 2.75) is 19.4 Å². The molecule has 1 saturated heterocycles. The maximum absolute atomic E-state index is 14.5. The number of fused-ring (bicyclic) bond motifs is 1. The Morgan fingerprint density at radius 2 is 2.11 bits per heavy atom. The molecule has 0 spiro atoms. The molecule has 0 radical (unpaired) electrons. The van der Waals surface area contributed by atoms with E-state index in [1.54, 1.807) is 4.90 Å². The van der Waals surface area contributed by atoms with E-state index in [0.717, 1.165) is 41.9 Å². The van der Waals surface area contributed by atoms with Crippen molar-refractivity contribution < 1.29 is 8.78 Å². The molecule has 138 valence electrons. The molecule has 2 aromatic heterocycles. The maximum Gasteiger partial charge on any atom is 0.193 e. The molecule has 1 aliphatic heterocycles.